The van der Waals surface area contributed by atoms with Crippen molar-refractivity contribution < 1.29 is 14.3 Å². The van der Waals surface area contributed by atoms with Crippen LogP contribution in [0, 0.1) is 5.92 Å². The first-order valence-corrected chi connectivity index (χ1v) is 10.7. The minimum Gasteiger partial charge on any atom is -0.490 e. The van der Waals surface area contributed by atoms with Crippen molar-refractivity contribution in [2.75, 3.05) is 24.7 Å². The molecule has 0 aliphatic carbocycles. The fourth-order valence-corrected chi connectivity index (χ4v) is 3.44. The average Bonchev–Trinajstić information content (AvgIpc) is 3.07. The molecule has 1 heterocycles. The van der Waals surface area contributed by atoms with E-state index in [0.717, 1.165) is 12.0 Å². The molecular formula is C18H25N5O3S2. The van der Waals surface area contributed by atoms with Crippen LogP contribution < -0.4 is 20.6 Å². The molecule has 2 aromatic rings. The first-order valence-electron chi connectivity index (χ1n) is 8.91. The van der Waals surface area contributed by atoms with E-state index in [9.17, 15) is 4.79 Å². The first-order chi connectivity index (χ1) is 13.5. The minimum atomic E-state index is -0.242. The van der Waals surface area contributed by atoms with Crippen molar-refractivity contribution in [1.29, 1.82) is 0 Å². The van der Waals surface area contributed by atoms with Gasteiger partial charge in [0.05, 0.1) is 25.2 Å². The molecule has 1 aromatic heterocycles. The summed E-state index contributed by atoms with van der Waals surface area (Å²) < 4.78 is 12.1. The van der Waals surface area contributed by atoms with Gasteiger partial charge in [0, 0.05) is 0 Å². The summed E-state index contributed by atoms with van der Waals surface area (Å²) in [5, 5.41) is 11.9. The van der Waals surface area contributed by atoms with E-state index in [2.05, 4.69) is 34.6 Å². The second-order valence-corrected chi connectivity index (χ2v) is 8.39. The molecular weight excluding hydrogens is 398 g/mol. The number of aromatic nitrogens is 2. The fraction of sp³-hybridized carbons (Fsp3) is 0.444. The summed E-state index contributed by atoms with van der Waals surface area (Å²) in [7, 11) is 0. The number of hydrazone groups is 1. The van der Waals surface area contributed by atoms with Crippen LogP contribution in [0.15, 0.2) is 27.6 Å². The van der Waals surface area contributed by atoms with E-state index in [1.54, 1.807) is 6.21 Å². The maximum Gasteiger partial charge on any atom is 0.250 e. The molecule has 0 aliphatic heterocycles. The van der Waals surface area contributed by atoms with Gasteiger partial charge in [0.25, 0.3) is 5.91 Å². The van der Waals surface area contributed by atoms with Gasteiger partial charge in [0.15, 0.2) is 15.8 Å². The maximum atomic E-state index is 11.8. The molecule has 3 N–H and O–H groups in total. The van der Waals surface area contributed by atoms with Gasteiger partial charge < -0.3 is 15.2 Å². The number of anilines is 1. The van der Waals surface area contributed by atoms with Gasteiger partial charge >= 0.3 is 0 Å². The van der Waals surface area contributed by atoms with Crippen molar-refractivity contribution in [3.63, 3.8) is 0 Å². The number of thioether (sulfide) groups is 1. The molecule has 0 aliphatic rings. The minimum absolute atomic E-state index is 0.179. The Labute approximate surface area is 172 Å². The zero-order chi connectivity index (χ0) is 20.4. The highest BCUT2D eigenvalue weighted by atomic mass is 32.2. The summed E-state index contributed by atoms with van der Waals surface area (Å²) in [5.41, 5.74) is 8.78. The molecule has 0 bridgehead atoms. The van der Waals surface area contributed by atoms with Gasteiger partial charge in [-0.2, -0.15) is 5.10 Å². The van der Waals surface area contributed by atoms with Gasteiger partial charge in [-0.15, -0.1) is 10.2 Å². The molecule has 10 heteroatoms. The summed E-state index contributed by atoms with van der Waals surface area (Å²) in [6, 6.07) is 5.55. The van der Waals surface area contributed by atoms with Gasteiger partial charge in [-0.1, -0.05) is 36.9 Å². The Morgan fingerprint density at radius 1 is 1.36 bits per heavy atom. The van der Waals surface area contributed by atoms with Crippen LogP contribution in [-0.4, -0.2) is 41.3 Å². The Bertz CT molecular complexity index is 795. The largest absolute Gasteiger partial charge is 0.490 e. The maximum absolute atomic E-state index is 11.8. The second kappa shape index (κ2) is 11.5. The van der Waals surface area contributed by atoms with Crippen molar-refractivity contribution in [2.45, 2.75) is 31.5 Å². The van der Waals surface area contributed by atoms with E-state index in [1.165, 1.54) is 23.1 Å². The molecule has 0 spiro atoms. The first kappa shape index (κ1) is 22.0. The summed E-state index contributed by atoms with van der Waals surface area (Å²) in [6.45, 7) is 7.40. The highest BCUT2D eigenvalue weighted by Crippen LogP contribution is 2.28. The third kappa shape index (κ3) is 7.73. The predicted octanol–water partition coefficient (Wildman–Crippen LogP) is 3.19. The molecule has 8 nitrogen and oxygen atoms in total. The van der Waals surface area contributed by atoms with Crippen LogP contribution in [0.5, 0.6) is 11.5 Å². The molecule has 0 saturated carbocycles. The van der Waals surface area contributed by atoms with Crippen LogP contribution in [0.4, 0.5) is 5.13 Å². The highest BCUT2D eigenvalue weighted by Gasteiger charge is 2.08. The standard InChI is InChI=1S/C18H25N5O3S2/c1-4-25-15-9-13(5-6-14(15)26-8-7-12(2)3)10-20-21-16(24)11-27-18-23-22-17(19)28-18/h5-6,9-10,12H,4,7-8,11H2,1-3H3,(H2,19,22)(H,21,24). The summed E-state index contributed by atoms with van der Waals surface area (Å²) in [4.78, 5) is 11.8. The number of amides is 1. The van der Waals surface area contributed by atoms with Gasteiger partial charge in [-0.3, -0.25) is 4.79 Å². The molecule has 0 saturated heterocycles. The van der Waals surface area contributed by atoms with Crippen LogP contribution in [0.1, 0.15) is 32.8 Å². The zero-order valence-corrected chi connectivity index (χ0v) is 17.8. The normalized spacial score (nSPS) is 11.1. The van der Waals surface area contributed by atoms with Gasteiger partial charge in [-0.25, -0.2) is 5.43 Å². The number of nitrogens with one attached hydrogen (secondary N) is 1. The number of carbonyl (C=O) groups is 1. The summed E-state index contributed by atoms with van der Waals surface area (Å²) >= 11 is 2.50. The zero-order valence-electron chi connectivity index (χ0n) is 16.2. The Hall–Kier alpha value is -2.33. The smallest absolute Gasteiger partial charge is 0.250 e. The Morgan fingerprint density at radius 3 is 2.86 bits per heavy atom. The van der Waals surface area contributed by atoms with Crippen molar-refractivity contribution >= 4 is 40.4 Å². The van der Waals surface area contributed by atoms with E-state index in [1.807, 2.05) is 25.1 Å². The van der Waals surface area contributed by atoms with E-state index >= 15 is 0 Å². The van der Waals surface area contributed by atoms with E-state index < -0.39 is 0 Å². The molecule has 28 heavy (non-hydrogen) atoms. The number of nitrogens with two attached hydrogens (primary N) is 1. The van der Waals surface area contributed by atoms with E-state index in [-0.39, 0.29) is 11.7 Å². The summed E-state index contributed by atoms with van der Waals surface area (Å²) in [6.07, 6.45) is 2.54. The topological polar surface area (TPSA) is 112 Å². The van der Waals surface area contributed by atoms with Crippen LogP contribution in [0.25, 0.3) is 0 Å². The van der Waals surface area contributed by atoms with E-state index in [0.29, 0.717) is 40.1 Å². The number of nitrogen functional groups attached to an aromatic ring is 1. The number of ether oxygens (including phenoxy) is 2. The Balaban J connectivity index is 1.87. The van der Waals surface area contributed by atoms with Crippen LogP contribution in [0.2, 0.25) is 0 Å². The average molecular weight is 424 g/mol. The van der Waals surface area contributed by atoms with Gasteiger partial charge in [0.1, 0.15) is 0 Å². The molecule has 152 valence electrons. The molecule has 1 aromatic carbocycles. The quantitative estimate of drug-likeness (QED) is 0.324. The summed E-state index contributed by atoms with van der Waals surface area (Å²) in [5.74, 6) is 1.88. The van der Waals surface area contributed by atoms with Crippen LogP contribution >= 0.6 is 23.1 Å². The van der Waals surface area contributed by atoms with Gasteiger partial charge in [-0.05, 0) is 43.0 Å². The van der Waals surface area contributed by atoms with Crippen molar-refractivity contribution in [2.24, 2.45) is 11.0 Å². The second-order valence-electron chi connectivity index (χ2n) is 6.16. The third-order valence-electron chi connectivity index (χ3n) is 3.37. The van der Waals surface area contributed by atoms with Crippen LogP contribution in [0.3, 0.4) is 0 Å². The third-order valence-corrected chi connectivity index (χ3v) is 5.26. The molecule has 2 rings (SSSR count). The molecule has 0 atom stereocenters. The number of hydrogen-bond donors (Lipinski definition) is 2. The van der Waals surface area contributed by atoms with Crippen molar-refractivity contribution in [3.8, 4) is 11.5 Å². The number of hydrogen-bond acceptors (Lipinski definition) is 9. The fourth-order valence-electron chi connectivity index (χ4n) is 2.01. The lowest BCUT2D eigenvalue weighted by Gasteiger charge is -2.13. The lowest BCUT2D eigenvalue weighted by molar-refractivity contribution is -0.118. The lowest BCUT2D eigenvalue weighted by atomic mass is 10.1. The number of rotatable bonds is 11. The van der Waals surface area contributed by atoms with Crippen molar-refractivity contribution in [3.05, 3.63) is 23.8 Å². The Kier molecular flexibility index (Phi) is 9.02. The molecule has 0 unspecified atom stereocenters. The molecule has 1 amide bonds. The SMILES string of the molecule is CCOc1cc(C=NNC(=O)CSc2nnc(N)s2)ccc1OCCC(C)C. The number of nitrogens with zero attached hydrogens (tertiary/aromatic N) is 3. The van der Waals surface area contributed by atoms with Gasteiger partial charge in [0.2, 0.25) is 5.13 Å². The lowest BCUT2D eigenvalue weighted by Crippen LogP contribution is -2.19. The highest BCUT2D eigenvalue weighted by molar-refractivity contribution is 8.01. The number of benzene rings is 1. The predicted molar refractivity (Wildman–Crippen MR) is 113 cm³/mol. The number of carbonyl (C=O) groups excluding carboxylic acids is 1. The van der Waals surface area contributed by atoms with Crippen LogP contribution in [-0.2, 0) is 4.79 Å². The molecule has 0 fully saturated rings. The molecule has 0 radical (unpaired) electrons. The van der Waals surface area contributed by atoms with Crippen molar-refractivity contribution in [1.82, 2.24) is 15.6 Å². The van der Waals surface area contributed by atoms with E-state index in [4.69, 9.17) is 15.2 Å². The monoisotopic (exact) mass is 423 g/mol. The Morgan fingerprint density at radius 2 is 2.18 bits per heavy atom.